The van der Waals surface area contributed by atoms with Gasteiger partial charge in [0.25, 0.3) is 0 Å². The fourth-order valence-corrected chi connectivity index (χ4v) is 1.59. The summed E-state index contributed by atoms with van der Waals surface area (Å²) in [6, 6.07) is 0. The number of quaternary nitrogens is 1. The van der Waals surface area contributed by atoms with E-state index in [2.05, 4.69) is 39.6 Å². The van der Waals surface area contributed by atoms with Gasteiger partial charge < -0.3 is 4.48 Å². The van der Waals surface area contributed by atoms with E-state index in [0.29, 0.717) is 5.54 Å². The van der Waals surface area contributed by atoms with E-state index in [-0.39, 0.29) is 0 Å². The molecule has 0 radical (unpaired) electrons. The van der Waals surface area contributed by atoms with E-state index in [4.69, 9.17) is 0 Å². The highest BCUT2D eigenvalue weighted by molar-refractivity contribution is 4.79. The molecular weight excluding hydrogens is 148 g/mol. The van der Waals surface area contributed by atoms with Gasteiger partial charge in [0.1, 0.15) is 13.3 Å². The van der Waals surface area contributed by atoms with E-state index in [1.807, 2.05) is 0 Å². The van der Waals surface area contributed by atoms with Gasteiger partial charge in [0, 0.05) is 5.54 Å². The molecule has 1 rings (SSSR count). The molecule has 72 valence electrons. The smallest absolute Gasteiger partial charge is 0.140 e. The predicted molar refractivity (Wildman–Crippen MR) is 52.7 cm³/mol. The zero-order valence-electron chi connectivity index (χ0n) is 9.22. The fourth-order valence-electron chi connectivity index (χ4n) is 1.59. The van der Waals surface area contributed by atoms with E-state index >= 15 is 0 Å². The van der Waals surface area contributed by atoms with Crippen molar-refractivity contribution in [1.29, 1.82) is 0 Å². The number of nitrogens with zero attached hydrogens (tertiary/aromatic N) is 2. The van der Waals surface area contributed by atoms with Crippen molar-refractivity contribution in [3.05, 3.63) is 0 Å². The van der Waals surface area contributed by atoms with Crippen LogP contribution in [0.15, 0.2) is 0 Å². The van der Waals surface area contributed by atoms with Crippen LogP contribution in [0.25, 0.3) is 0 Å². The quantitative estimate of drug-likeness (QED) is 0.586. The van der Waals surface area contributed by atoms with Gasteiger partial charge in [0.05, 0.1) is 13.6 Å². The van der Waals surface area contributed by atoms with Crippen LogP contribution in [0.3, 0.4) is 0 Å². The summed E-state index contributed by atoms with van der Waals surface area (Å²) < 4.78 is 1.23. The summed E-state index contributed by atoms with van der Waals surface area (Å²) in [7, 11) is 2.34. The molecule has 0 aliphatic carbocycles. The molecule has 2 nitrogen and oxygen atoms in total. The topological polar surface area (TPSA) is 3.24 Å². The monoisotopic (exact) mass is 171 g/mol. The minimum Gasteiger partial charge on any atom is -0.301 e. The summed E-state index contributed by atoms with van der Waals surface area (Å²) in [5.74, 6) is 0. The first-order chi connectivity index (χ1) is 5.43. The Morgan fingerprint density at radius 1 is 1.25 bits per heavy atom. The Labute approximate surface area is 76.7 Å². The van der Waals surface area contributed by atoms with E-state index in [1.165, 1.54) is 30.8 Å². The Kier molecular flexibility index (Phi) is 2.50. The first kappa shape index (κ1) is 10.0. The molecule has 1 fully saturated rings. The van der Waals surface area contributed by atoms with Crippen LogP contribution in [0.1, 0.15) is 34.1 Å². The molecule has 0 aromatic rings. The molecule has 1 aliphatic rings. The van der Waals surface area contributed by atoms with Crippen molar-refractivity contribution in [2.75, 3.05) is 26.9 Å². The Bertz CT molecular complexity index is 157. The van der Waals surface area contributed by atoms with Crippen LogP contribution < -0.4 is 0 Å². The summed E-state index contributed by atoms with van der Waals surface area (Å²) >= 11 is 0. The molecule has 0 bridgehead atoms. The molecule has 0 spiro atoms. The van der Waals surface area contributed by atoms with Crippen LogP contribution in [0.5, 0.6) is 0 Å². The first-order valence-corrected chi connectivity index (χ1v) is 5.02. The number of hydrogen-bond acceptors (Lipinski definition) is 1. The van der Waals surface area contributed by atoms with E-state index in [1.54, 1.807) is 0 Å². The third-order valence-electron chi connectivity index (χ3n) is 3.51. The van der Waals surface area contributed by atoms with Gasteiger partial charge in [-0.1, -0.05) is 6.92 Å². The van der Waals surface area contributed by atoms with Gasteiger partial charge in [-0.05, 0) is 27.2 Å². The maximum atomic E-state index is 2.58. The highest BCUT2D eigenvalue weighted by Crippen LogP contribution is 2.28. The van der Waals surface area contributed by atoms with Gasteiger partial charge >= 0.3 is 0 Å². The molecule has 0 saturated carbocycles. The second-order valence-electron chi connectivity index (χ2n) is 4.92. The van der Waals surface area contributed by atoms with Crippen molar-refractivity contribution in [2.45, 2.75) is 39.7 Å². The molecular formula is C10H23N2+. The van der Waals surface area contributed by atoms with E-state index in [0.717, 1.165) is 0 Å². The second kappa shape index (κ2) is 3.00. The number of rotatable bonds is 3. The van der Waals surface area contributed by atoms with Gasteiger partial charge in [-0.25, -0.2) is 4.90 Å². The van der Waals surface area contributed by atoms with Crippen LogP contribution in [0.2, 0.25) is 0 Å². The molecule has 0 aromatic heterocycles. The standard InChI is InChI=1S/C10H23N2/c1-6-10(3,4)11-8-12(5,7-2)9-11/h6-9H2,1-5H3/q+1. The van der Waals surface area contributed by atoms with Gasteiger partial charge in [0.15, 0.2) is 0 Å². The van der Waals surface area contributed by atoms with Crippen LogP contribution in [0, 0.1) is 0 Å². The third kappa shape index (κ3) is 1.64. The molecule has 1 aliphatic heterocycles. The molecule has 0 aromatic carbocycles. The van der Waals surface area contributed by atoms with Crippen molar-refractivity contribution in [3.8, 4) is 0 Å². The lowest BCUT2D eigenvalue weighted by molar-refractivity contribution is -0.980. The minimum absolute atomic E-state index is 0.410. The SMILES string of the molecule is CCC(C)(C)N1C[N+](C)(CC)C1. The lowest BCUT2D eigenvalue weighted by Gasteiger charge is -2.54. The molecule has 0 unspecified atom stereocenters. The average Bonchev–Trinajstić information content (AvgIpc) is 1.98. The molecule has 0 N–H and O–H groups in total. The predicted octanol–water partition coefficient (Wildman–Crippen LogP) is 1.87. The normalized spacial score (nSPS) is 23.8. The summed E-state index contributed by atoms with van der Waals surface area (Å²) in [6.07, 6.45) is 1.25. The lowest BCUT2D eigenvalue weighted by atomic mass is 9.98. The summed E-state index contributed by atoms with van der Waals surface area (Å²) in [4.78, 5) is 2.58. The van der Waals surface area contributed by atoms with Crippen LogP contribution >= 0.6 is 0 Å². The van der Waals surface area contributed by atoms with Crippen molar-refractivity contribution in [3.63, 3.8) is 0 Å². The van der Waals surface area contributed by atoms with Gasteiger partial charge in [-0.15, -0.1) is 0 Å². The van der Waals surface area contributed by atoms with E-state index in [9.17, 15) is 0 Å². The van der Waals surface area contributed by atoms with E-state index < -0.39 is 0 Å². The first-order valence-electron chi connectivity index (χ1n) is 5.02. The summed E-state index contributed by atoms with van der Waals surface area (Å²) in [5, 5.41) is 0. The Morgan fingerprint density at radius 3 is 2.08 bits per heavy atom. The van der Waals surface area contributed by atoms with Gasteiger partial charge in [-0.2, -0.15) is 0 Å². The summed E-state index contributed by atoms with van der Waals surface area (Å²) in [6.45, 7) is 13.0. The van der Waals surface area contributed by atoms with Crippen LogP contribution in [-0.2, 0) is 0 Å². The molecule has 0 atom stereocenters. The highest BCUT2D eigenvalue weighted by atomic mass is 15.6. The number of hydrogen-bond donors (Lipinski definition) is 0. The third-order valence-corrected chi connectivity index (χ3v) is 3.51. The molecule has 2 heteroatoms. The zero-order valence-corrected chi connectivity index (χ0v) is 9.22. The van der Waals surface area contributed by atoms with Crippen molar-refractivity contribution in [2.24, 2.45) is 0 Å². The molecule has 1 saturated heterocycles. The van der Waals surface area contributed by atoms with Gasteiger partial charge in [-0.3, -0.25) is 0 Å². The van der Waals surface area contributed by atoms with Crippen LogP contribution in [-0.4, -0.2) is 41.9 Å². The summed E-state index contributed by atoms with van der Waals surface area (Å²) in [5.41, 5.74) is 0.410. The minimum atomic E-state index is 0.410. The lowest BCUT2D eigenvalue weighted by Crippen LogP contribution is -2.71. The molecule has 12 heavy (non-hydrogen) atoms. The maximum absolute atomic E-state index is 2.58. The van der Waals surface area contributed by atoms with Crippen molar-refractivity contribution < 1.29 is 4.48 Å². The van der Waals surface area contributed by atoms with Crippen molar-refractivity contribution in [1.82, 2.24) is 4.90 Å². The average molecular weight is 171 g/mol. The Hall–Kier alpha value is -0.0800. The Morgan fingerprint density at radius 2 is 1.75 bits per heavy atom. The highest BCUT2D eigenvalue weighted by Gasteiger charge is 2.43. The maximum Gasteiger partial charge on any atom is 0.140 e. The zero-order chi connectivity index (χ0) is 9.41. The molecule has 1 heterocycles. The van der Waals surface area contributed by atoms with Crippen molar-refractivity contribution >= 4 is 0 Å². The molecule has 0 amide bonds. The van der Waals surface area contributed by atoms with Gasteiger partial charge in [0.2, 0.25) is 0 Å². The Balaban J connectivity index is 2.43. The second-order valence-corrected chi connectivity index (χ2v) is 4.92. The largest absolute Gasteiger partial charge is 0.301 e. The fraction of sp³-hybridized carbons (Fsp3) is 1.00. The van der Waals surface area contributed by atoms with Crippen LogP contribution in [0.4, 0.5) is 0 Å².